The highest BCUT2D eigenvalue weighted by Gasteiger charge is 2.32. The quantitative estimate of drug-likeness (QED) is 0.469. The molecule has 0 saturated heterocycles. The van der Waals surface area contributed by atoms with Gasteiger partial charge in [-0.2, -0.15) is 5.10 Å². The van der Waals surface area contributed by atoms with E-state index < -0.39 is 0 Å². The summed E-state index contributed by atoms with van der Waals surface area (Å²) in [6, 6.07) is 13.7. The van der Waals surface area contributed by atoms with E-state index in [1.807, 2.05) is 42.8 Å². The number of carbonyl (C=O) groups excluding carboxylic acids is 2. The van der Waals surface area contributed by atoms with Gasteiger partial charge in [0.05, 0.1) is 17.8 Å². The Bertz CT molecular complexity index is 1350. The predicted octanol–water partition coefficient (Wildman–Crippen LogP) is 4.67. The van der Waals surface area contributed by atoms with E-state index in [-0.39, 0.29) is 36.5 Å². The first kappa shape index (κ1) is 21.3. The monoisotopic (exact) mass is 462 g/mol. The molecule has 0 radical (unpaired) electrons. The molecule has 6 nitrogen and oxygen atoms in total. The second-order valence-corrected chi connectivity index (χ2v) is 9.18. The Labute approximate surface area is 194 Å². The van der Waals surface area contributed by atoms with Gasteiger partial charge in [0.2, 0.25) is 11.8 Å². The summed E-state index contributed by atoms with van der Waals surface area (Å²) in [6.45, 7) is 0.548. The number of amides is 2. The van der Waals surface area contributed by atoms with Gasteiger partial charge in [0, 0.05) is 42.4 Å². The molecular weight excluding hydrogens is 439 g/mol. The van der Waals surface area contributed by atoms with Crippen LogP contribution >= 0.6 is 11.3 Å². The molecule has 0 saturated carbocycles. The average Bonchev–Trinajstić information content (AvgIpc) is 3.43. The van der Waals surface area contributed by atoms with Crippen LogP contribution in [-0.4, -0.2) is 33.0 Å². The molecule has 33 heavy (non-hydrogen) atoms. The van der Waals surface area contributed by atoms with Crippen LogP contribution in [0.25, 0.3) is 10.9 Å². The zero-order valence-corrected chi connectivity index (χ0v) is 18.9. The lowest BCUT2D eigenvalue weighted by Gasteiger charge is -2.36. The molecule has 0 bridgehead atoms. The van der Waals surface area contributed by atoms with Gasteiger partial charge in [-0.15, -0.1) is 11.3 Å². The number of rotatable bonds is 5. The minimum atomic E-state index is -0.335. The lowest BCUT2D eigenvalue weighted by Crippen LogP contribution is -2.40. The smallest absolute Gasteiger partial charge is 0.224 e. The maximum absolute atomic E-state index is 14.0. The Kier molecular flexibility index (Phi) is 5.68. The minimum Gasteiger partial charge on any atom is -0.331 e. The van der Waals surface area contributed by atoms with E-state index in [2.05, 4.69) is 10.4 Å². The van der Waals surface area contributed by atoms with Crippen LogP contribution in [0.15, 0.2) is 60.1 Å². The summed E-state index contributed by atoms with van der Waals surface area (Å²) in [7, 11) is 1.85. The van der Waals surface area contributed by atoms with Gasteiger partial charge in [0.25, 0.3) is 0 Å². The van der Waals surface area contributed by atoms with Crippen LogP contribution in [0.5, 0.6) is 0 Å². The fourth-order valence-corrected chi connectivity index (χ4v) is 5.33. The third kappa shape index (κ3) is 4.26. The van der Waals surface area contributed by atoms with Gasteiger partial charge in [-0.1, -0.05) is 12.1 Å². The summed E-state index contributed by atoms with van der Waals surface area (Å²) in [6.07, 6.45) is 2.70. The Morgan fingerprint density at radius 2 is 2.06 bits per heavy atom. The summed E-state index contributed by atoms with van der Waals surface area (Å²) in [5, 5.41) is 10.1. The molecule has 1 N–H and O–H groups in total. The highest BCUT2D eigenvalue weighted by molar-refractivity contribution is 7.10. The van der Waals surface area contributed by atoms with Gasteiger partial charge in [0.15, 0.2) is 0 Å². The molecule has 0 aliphatic carbocycles. The molecule has 1 unspecified atom stereocenters. The van der Waals surface area contributed by atoms with E-state index >= 15 is 0 Å². The van der Waals surface area contributed by atoms with E-state index in [1.165, 1.54) is 17.0 Å². The Morgan fingerprint density at radius 1 is 1.18 bits per heavy atom. The molecule has 5 rings (SSSR count). The third-order valence-electron chi connectivity index (χ3n) is 6.05. The fourth-order valence-electron chi connectivity index (χ4n) is 4.43. The summed E-state index contributed by atoms with van der Waals surface area (Å²) in [4.78, 5) is 28.7. The zero-order chi connectivity index (χ0) is 22.9. The average molecular weight is 463 g/mol. The lowest BCUT2D eigenvalue weighted by molar-refractivity contribution is -0.134. The molecule has 0 fully saturated rings. The van der Waals surface area contributed by atoms with E-state index in [1.54, 1.807) is 33.2 Å². The molecule has 4 aromatic rings. The first-order chi connectivity index (χ1) is 16.0. The molecule has 0 spiro atoms. The number of nitrogens with one attached hydrogen (secondary N) is 1. The molecule has 1 aliphatic heterocycles. The van der Waals surface area contributed by atoms with Crippen LogP contribution in [0.3, 0.4) is 0 Å². The van der Waals surface area contributed by atoms with Gasteiger partial charge < -0.3 is 10.2 Å². The molecule has 2 aromatic carbocycles. The van der Waals surface area contributed by atoms with Crippen LogP contribution in [0.1, 0.15) is 34.9 Å². The fraction of sp³-hybridized carbons (Fsp3) is 0.240. The van der Waals surface area contributed by atoms with E-state index in [0.717, 1.165) is 28.5 Å². The van der Waals surface area contributed by atoms with E-state index in [4.69, 9.17) is 0 Å². The highest BCUT2D eigenvalue weighted by atomic mass is 32.1. The molecule has 3 heterocycles. The molecule has 2 aromatic heterocycles. The SMILES string of the molecule is Cn1ncc2ccc(NC(=O)CCC(=O)N3CCc4sccc4C3c3cccc(F)c3)cc21. The number of fused-ring (bicyclic) bond motifs is 2. The molecule has 2 amide bonds. The first-order valence-electron chi connectivity index (χ1n) is 10.8. The number of anilines is 1. The van der Waals surface area contributed by atoms with Crippen LogP contribution < -0.4 is 5.32 Å². The number of carbonyl (C=O) groups is 2. The molecular formula is C25H23FN4O2S. The number of hydrogen-bond acceptors (Lipinski definition) is 4. The lowest BCUT2D eigenvalue weighted by atomic mass is 9.92. The summed E-state index contributed by atoms with van der Waals surface area (Å²) < 4.78 is 15.7. The van der Waals surface area contributed by atoms with Crippen LogP contribution in [0.4, 0.5) is 10.1 Å². The van der Waals surface area contributed by atoms with Crippen molar-refractivity contribution < 1.29 is 14.0 Å². The molecule has 8 heteroatoms. The van der Waals surface area contributed by atoms with Crippen molar-refractivity contribution in [2.45, 2.75) is 25.3 Å². The van der Waals surface area contributed by atoms with Crippen molar-refractivity contribution in [1.82, 2.24) is 14.7 Å². The summed E-state index contributed by atoms with van der Waals surface area (Å²) in [5.41, 5.74) is 3.37. The van der Waals surface area contributed by atoms with Crippen LogP contribution in [0, 0.1) is 5.82 Å². The zero-order valence-electron chi connectivity index (χ0n) is 18.1. The number of hydrogen-bond donors (Lipinski definition) is 1. The topological polar surface area (TPSA) is 67.2 Å². The summed E-state index contributed by atoms with van der Waals surface area (Å²) >= 11 is 1.66. The van der Waals surface area contributed by atoms with Crippen molar-refractivity contribution in [2.75, 3.05) is 11.9 Å². The van der Waals surface area contributed by atoms with Gasteiger partial charge >= 0.3 is 0 Å². The van der Waals surface area contributed by atoms with Crippen LogP contribution in [-0.2, 0) is 23.1 Å². The van der Waals surface area contributed by atoms with Gasteiger partial charge in [0.1, 0.15) is 5.82 Å². The van der Waals surface area contributed by atoms with Gasteiger partial charge in [-0.3, -0.25) is 14.3 Å². The number of aromatic nitrogens is 2. The number of aryl methyl sites for hydroxylation is 1. The summed E-state index contributed by atoms with van der Waals surface area (Å²) in [5.74, 6) is -0.661. The standard InChI is InChI=1S/C25H23FN4O2S/c1-29-21-14-19(6-5-17(21)15-27-29)28-23(31)7-8-24(32)30-11-9-22-20(10-12-33-22)25(30)16-3-2-4-18(26)13-16/h2-6,10,12-15,25H,7-9,11H2,1H3,(H,28,31). The van der Waals surface area contributed by atoms with E-state index in [9.17, 15) is 14.0 Å². The van der Waals surface area contributed by atoms with E-state index in [0.29, 0.717) is 12.2 Å². The third-order valence-corrected chi connectivity index (χ3v) is 7.05. The minimum absolute atomic E-state index is 0.0745. The van der Waals surface area contributed by atoms with Crippen molar-refractivity contribution in [3.63, 3.8) is 0 Å². The predicted molar refractivity (Wildman–Crippen MR) is 127 cm³/mol. The number of benzene rings is 2. The van der Waals surface area contributed by atoms with Crippen LogP contribution in [0.2, 0.25) is 0 Å². The number of nitrogens with zero attached hydrogens (tertiary/aromatic N) is 3. The maximum Gasteiger partial charge on any atom is 0.224 e. The Balaban J connectivity index is 1.29. The molecule has 168 valence electrons. The second kappa shape index (κ2) is 8.78. The Morgan fingerprint density at radius 3 is 2.91 bits per heavy atom. The van der Waals surface area contributed by atoms with Gasteiger partial charge in [-0.25, -0.2) is 4.39 Å². The van der Waals surface area contributed by atoms with Crippen molar-refractivity contribution in [2.24, 2.45) is 7.05 Å². The van der Waals surface area contributed by atoms with Crippen molar-refractivity contribution in [3.05, 3.63) is 81.9 Å². The first-order valence-corrected chi connectivity index (χ1v) is 11.7. The largest absolute Gasteiger partial charge is 0.331 e. The maximum atomic E-state index is 14.0. The molecule has 1 aliphatic rings. The number of thiophene rings is 1. The molecule has 1 atom stereocenters. The Hall–Kier alpha value is -3.52. The normalized spacial score (nSPS) is 15.5. The van der Waals surface area contributed by atoms with Crippen molar-refractivity contribution in [3.8, 4) is 0 Å². The number of halogens is 1. The van der Waals surface area contributed by atoms with Crippen molar-refractivity contribution >= 4 is 39.7 Å². The van der Waals surface area contributed by atoms with Gasteiger partial charge in [-0.05, 0) is 59.3 Å². The van der Waals surface area contributed by atoms with Crippen molar-refractivity contribution in [1.29, 1.82) is 0 Å². The highest BCUT2D eigenvalue weighted by Crippen LogP contribution is 2.38. The second-order valence-electron chi connectivity index (χ2n) is 8.18.